The van der Waals surface area contributed by atoms with Crippen LogP contribution in [0.15, 0.2) is 22.7 Å². The van der Waals surface area contributed by atoms with E-state index in [1.54, 1.807) is 6.07 Å². The van der Waals surface area contributed by atoms with E-state index >= 15 is 0 Å². The summed E-state index contributed by atoms with van der Waals surface area (Å²) in [7, 11) is 0. The maximum atomic E-state index is 12.1. The molecule has 0 radical (unpaired) electrons. The topological polar surface area (TPSA) is 66.4 Å². The number of hydrogen-bond donors (Lipinski definition) is 2. The number of carboxylic acids is 1. The first-order chi connectivity index (χ1) is 10.0. The average molecular weight is 354 g/mol. The van der Waals surface area contributed by atoms with E-state index in [1.807, 2.05) is 0 Å². The van der Waals surface area contributed by atoms with Gasteiger partial charge in [0.2, 0.25) is 5.91 Å². The summed E-state index contributed by atoms with van der Waals surface area (Å²) in [5.74, 6) is -0.578. The fourth-order valence-corrected chi connectivity index (χ4v) is 3.32. The van der Waals surface area contributed by atoms with E-state index in [-0.39, 0.29) is 11.5 Å². The molecule has 1 aromatic rings. The number of carbonyl (C=O) groups is 2. The summed E-state index contributed by atoms with van der Waals surface area (Å²) in [6.45, 7) is 0. The molecule has 0 bridgehead atoms. The minimum absolute atomic E-state index is 0.0312. The highest BCUT2D eigenvalue weighted by Gasteiger charge is 2.16. The number of carbonyl (C=O) groups excluding carboxylic acids is 1. The number of amides is 1. The lowest BCUT2D eigenvalue weighted by Gasteiger charge is -2.14. The molecule has 0 aliphatic heterocycles. The van der Waals surface area contributed by atoms with Crippen LogP contribution in [0.2, 0.25) is 0 Å². The number of carboxylic acid groups (broad SMARTS) is 1. The van der Waals surface area contributed by atoms with Gasteiger partial charge in [-0.3, -0.25) is 4.79 Å². The zero-order chi connectivity index (χ0) is 15.2. The summed E-state index contributed by atoms with van der Waals surface area (Å²) in [6, 6.07) is 4.72. The molecule has 1 aliphatic rings. The van der Waals surface area contributed by atoms with Crippen molar-refractivity contribution < 1.29 is 14.7 Å². The van der Waals surface area contributed by atoms with Gasteiger partial charge in [0, 0.05) is 16.6 Å². The fraction of sp³-hybridized carbons (Fsp3) is 0.500. The molecular formula is C16H20BrNO3. The van der Waals surface area contributed by atoms with Crippen molar-refractivity contribution in [3.05, 3.63) is 28.2 Å². The lowest BCUT2D eigenvalue weighted by molar-refractivity contribution is -0.117. The van der Waals surface area contributed by atoms with Crippen molar-refractivity contribution in [1.29, 1.82) is 0 Å². The van der Waals surface area contributed by atoms with Gasteiger partial charge in [-0.1, -0.05) is 41.6 Å². The Morgan fingerprint density at radius 2 is 1.81 bits per heavy atom. The second kappa shape index (κ2) is 7.59. The van der Waals surface area contributed by atoms with Crippen LogP contribution >= 0.6 is 15.9 Å². The molecule has 1 amide bonds. The monoisotopic (exact) mass is 353 g/mol. The summed E-state index contributed by atoms with van der Waals surface area (Å²) < 4.78 is 0.646. The van der Waals surface area contributed by atoms with Crippen molar-refractivity contribution in [3.63, 3.8) is 0 Å². The van der Waals surface area contributed by atoms with Gasteiger partial charge in [0.25, 0.3) is 0 Å². The molecule has 1 saturated carbocycles. The van der Waals surface area contributed by atoms with Crippen LogP contribution < -0.4 is 5.32 Å². The Hall–Kier alpha value is -1.36. The van der Waals surface area contributed by atoms with Crippen molar-refractivity contribution in [2.45, 2.75) is 44.9 Å². The molecule has 1 fully saturated rings. The van der Waals surface area contributed by atoms with E-state index in [9.17, 15) is 9.59 Å². The van der Waals surface area contributed by atoms with E-state index in [0.717, 1.165) is 12.8 Å². The quantitative estimate of drug-likeness (QED) is 0.786. The summed E-state index contributed by atoms with van der Waals surface area (Å²) in [4.78, 5) is 23.1. The standard InChI is InChI=1S/C16H20BrNO3/c17-13-8-12(16(20)21)9-14(10-13)18-15(19)7-11-5-3-1-2-4-6-11/h8-11H,1-7H2,(H,18,19)(H,20,21). The lowest BCUT2D eigenvalue weighted by Crippen LogP contribution is -2.16. The molecule has 0 aromatic heterocycles. The molecule has 1 aliphatic carbocycles. The molecule has 0 unspecified atom stereocenters. The predicted octanol–water partition coefficient (Wildman–Crippen LogP) is 4.45. The third kappa shape index (κ3) is 5.16. The highest BCUT2D eigenvalue weighted by atomic mass is 79.9. The zero-order valence-electron chi connectivity index (χ0n) is 11.9. The van der Waals surface area contributed by atoms with Crippen LogP contribution in [0, 0.1) is 5.92 Å². The first-order valence-electron chi connectivity index (χ1n) is 7.38. The SMILES string of the molecule is O=C(CC1CCCCCC1)Nc1cc(Br)cc(C(=O)O)c1. The van der Waals surface area contributed by atoms with Gasteiger partial charge < -0.3 is 10.4 Å². The highest BCUT2D eigenvalue weighted by molar-refractivity contribution is 9.10. The zero-order valence-corrected chi connectivity index (χ0v) is 13.5. The maximum Gasteiger partial charge on any atom is 0.335 e. The van der Waals surface area contributed by atoms with E-state index in [2.05, 4.69) is 21.2 Å². The Kier molecular flexibility index (Phi) is 5.79. The molecule has 0 spiro atoms. The summed E-state index contributed by atoms with van der Waals surface area (Å²) in [5, 5.41) is 11.8. The van der Waals surface area contributed by atoms with Crippen LogP contribution in [0.4, 0.5) is 5.69 Å². The van der Waals surface area contributed by atoms with Gasteiger partial charge in [-0.05, 0) is 37.0 Å². The molecular weight excluding hydrogens is 334 g/mol. The first kappa shape index (κ1) is 16.0. The molecule has 114 valence electrons. The Bertz CT molecular complexity index is 522. The van der Waals surface area contributed by atoms with Crippen LogP contribution in [-0.2, 0) is 4.79 Å². The smallest absolute Gasteiger partial charge is 0.335 e. The summed E-state index contributed by atoms with van der Waals surface area (Å²) in [6.07, 6.45) is 7.71. The maximum absolute atomic E-state index is 12.1. The van der Waals surface area contributed by atoms with E-state index < -0.39 is 5.97 Å². The third-order valence-electron chi connectivity index (χ3n) is 3.88. The second-order valence-corrected chi connectivity index (χ2v) is 6.56. The van der Waals surface area contributed by atoms with E-state index in [4.69, 9.17) is 5.11 Å². The number of halogens is 1. The molecule has 2 N–H and O–H groups in total. The van der Waals surface area contributed by atoms with E-state index in [1.165, 1.54) is 37.8 Å². The molecule has 0 heterocycles. The van der Waals surface area contributed by atoms with Crippen molar-refractivity contribution in [2.24, 2.45) is 5.92 Å². The van der Waals surface area contributed by atoms with Crippen LogP contribution in [0.25, 0.3) is 0 Å². The van der Waals surface area contributed by atoms with Crippen molar-refractivity contribution >= 4 is 33.5 Å². The number of anilines is 1. The van der Waals surface area contributed by atoms with Crippen LogP contribution in [-0.4, -0.2) is 17.0 Å². The van der Waals surface area contributed by atoms with Crippen LogP contribution in [0.3, 0.4) is 0 Å². The molecule has 5 heteroatoms. The van der Waals surface area contributed by atoms with Gasteiger partial charge in [-0.2, -0.15) is 0 Å². The Balaban J connectivity index is 1.97. The lowest BCUT2D eigenvalue weighted by atomic mass is 9.96. The molecule has 0 saturated heterocycles. The van der Waals surface area contributed by atoms with Gasteiger partial charge in [-0.25, -0.2) is 4.79 Å². The Labute approximate surface area is 133 Å². The van der Waals surface area contributed by atoms with Gasteiger partial charge in [0.15, 0.2) is 0 Å². The Morgan fingerprint density at radius 1 is 1.14 bits per heavy atom. The van der Waals surface area contributed by atoms with Gasteiger partial charge in [-0.15, -0.1) is 0 Å². The minimum atomic E-state index is -1.00. The molecule has 21 heavy (non-hydrogen) atoms. The predicted molar refractivity (Wildman–Crippen MR) is 85.5 cm³/mol. The Morgan fingerprint density at radius 3 is 2.43 bits per heavy atom. The molecule has 1 aromatic carbocycles. The third-order valence-corrected chi connectivity index (χ3v) is 4.34. The van der Waals surface area contributed by atoms with Crippen molar-refractivity contribution in [3.8, 4) is 0 Å². The fourth-order valence-electron chi connectivity index (χ4n) is 2.83. The number of hydrogen-bond acceptors (Lipinski definition) is 2. The van der Waals surface area contributed by atoms with Gasteiger partial charge in [0.1, 0.15) is 0 Å². The molecule has 4 nitrogen and oxygen atoms in total. The average Bonchev–Trinajstić information content (AvgIpc) is 2.66. The number of nitrogens with one attached hydrogen (secondary N) is 1. The summed E-state index contributed by atoms with van der Waals surface area (Å²) >= 11 is 3.27. The van der Waals surface area contributed by atoms with Crippen molar-refractivity contribution in [1.82, 2.24) is 0 Å². The van der Waals surface area contributed by atoms with Crippen LogP contribution in [0.5, 0.6) is 0 Å². The minimum Gasteiger partial charge on any atom is -0.478 e. The van der Waals surface area contributed by atoms with Crippen molar-refractivity contribution in [2.75, 3.05) is 5.32 Å². The largest absolute Gasteiger partial charge is 0.478 e. The second-order valence-electron chi connectivity index (χ2n) is 5.64. The first-order valence-corrected chi connectivity index (χ1v) is 8.17. The molecule has 0 atom stereocenters. The van der Waals surface area contributed by atoms with E-state index in [0.29, 0.717) is 22.5 Å². The number of rotatable bonds is 4. The van der Waals surface area contributed by atoms with Gasteiger partial charge in [0.05, 0.1) is 5.56 Å². The summed E-state index contributed by atoms with van der Waals surface area (Å²) in [5.41, 5.74) is 0.689. The van der Waals surface area contributed by atoms with Gasteiger partial charge >= 0.3 is 5.97 Å². The number of benzene rings is 1. The molecule has 2 rings (SSSR count). The number of aromatic carboxylic acids is 1. The normalized spacial score (nSPS) is 16.2. The highest BCUT2D eigenvalue weighted by Crippen LogP contribution is 2.26. The van der Waals surface area contributed by atoms with Crippen LogP contribution in [0.1, 0.15) is 55.3 Å².